The molecule has 19 heavy (non-hydrogen) atoms. The molecule has 0 N–H and O–H groups in total. The number of ether oxygens (including phenoxy) is 2. The van der Waals surface area contributed by atoms with Crippen LogP contribution < -0.4 is 61.6 Å². The van der Waals surface area contributed by atoms with Crippen molar-refractivity contribution in [2.45, 2.75) is 19.4 Å². The molecule has 0 amide bonds. The SMILES string of the molecule is COCCC(C)Oc1cc(F)ccc1[B-](F)(F)F.[K+]. The molecule has 0 bridgehead atoms. The van der Waals surface area contributed by atoms with Crippen LogP contribution in [0.5, 0.6) is 5.75 Å². The van der Waals surface area contributed by atoms with Crippen molar-refractivity contribution >= 4 is 12.4 Å². The van der Waals surface area contributed by atoms with Gasteiger partial charge in [0.1, 0.15) is 5.82 Å². The van der Waals surface area contributed by atoms with E-state index in [1.807, 2.05) is 0 Å². The van der Waals surface area contributed by atoms with E-state index in [1.54, 1.807) is 6.92 Å². The van der Waals surface area contributed by atoms with Crippen molar-refractivity contribution in [2.75, 3.05) is 13.7 Å². The minimum Gasteiger partial charge on any atom is -0.494 e. The number of benzene rings is 1. The van der Waals surface area contributed by atoms with Crippen molar-refractivity contribution < 1.29 is 78.2 Å². The molecule has 0 heterocycles. The molecule has 1 aromatic rings. The molecule has 102 valence electrons. The summed E-state index contributed by atoms with van der Waals surface area (Å²) in [5, 5.41) is 0. The molecule has 0 aliphatic carbocycles. The van der Waals surface area contributed by atoms with E-state index in [-0.39, 0.29) is 51.4 Å². The molecular weight excluding hydrogens is 290 g/mol. The molecule has 8 heteroatoms. The van der Waals surface area contributed by atoms with E-state index < -0.39 is 30.1 Å². The molecule has 1 rings (SSSR count). The van der Waals surface area contributed by atoms with Gasteiger partial charge >= 0.3 is 58.4 Å². The van der Waals surface area contributed by atoms with Crippen LogP contribution in [-0.2, 0) is 4.74 Å². The Balaban J connectivity index is 0.00000324. The van der Waals surface area contributed by atoms with Gasteiger partial charge in [-0.2, -0.15) is 0 Å². The molecule has 0 aliphatic heterocycles. The second kappa shape index (κ2) is 8.64. The smallest absolute Gasteiger partial charge is 0.494 e. The van der Waals surface area contributed by atoms with E-state index in [9.17, 15) is 17.3 Å². The topological polar surface area (TPSA) is 18.5 Å². The van der Waals surface area contributed by atoms with Crippen LogP contribution in [0.4, 0.5) is 17.3 Å². The van der Waals surface area contributed by atoms with Crippen LogP contribution in [0.2, 0.25) is 0 Å². The monoisotopic (exact) mass is 304 g/mol. The summed E-state index contributed by atoms with van der Waals surface area (Å²) in [4.78, 5) is 0. The Labute approximate surface area is 152 Å². The second-order valence-corrected chi connectivity index (χ2v) is 3.97. The van der Waals surface area contributed by atoms with Gasteiger partial charge in [-0.1, -0.05) is 11.5 Å². The third kappa shape index (κ3) is 6.59. The van der Waals surface area contributed by atoms with Crippen LogP contribution in [0.25, 0.3) is 0 Å². The minimum atomic E-state index is -5.22. The molecule has 0 spiro atoms. The first-order chi connectivity index (χ1) is 8.34. The van der Waals surface area contributed by atoms with Crippen LogP contribution in [0, 0.1) is 5.82 Å². The molecule has 0 saturated carbocycles. The molecule has 0 aromatic heterocycles. The number of halogens is 4. The first-order valence-electron chi connectivity index (χ1n) is 5.49. The maximum atomic E-state index is 13.0. The molecule has 0 fully saturated rings. The fraction of sp³-hybridized carbons (Fsp3) is 0.455. The zero-order valence-electron chi connectivity index (χ0n) is 11.1. The van der Waals surface area contributed by atoms with E-state index in [0.29, 0.717) is 19.1 Å². The van der Waals surface area contributed by atoms with Crippen LogP contribution in [0.1, 0.15) is 13.3 Å². The van der Waals surface area contributed by atoms with Crippen molar-refractivity contribution in [3.63, 3.8) is 0 Å². The van der Waals surface area contributed by atoms with Gasteiger partial charge in [0.05, 0.1) is 11.9 Å². The maximum Gasteiger partial charge on any atom is 1.00 e. The fourth-order valence-electron chi connectivity index (χ4n) is 1.44. The summed E-state index contributed by atoms with van der Waals surface area (Å²) in [6.07, 6.45) is -0.0548. The van der Waals surface area contributed by atoms with Crippen LogP contribution in [-0.4, -0.2) is 26.8 Å². The predicted octanol–water partition coefficient (Wildman–Crippen LogP) is -0.312. The minimum absolute atomic E-state index is 0. The molecule has 0 saturated heterocycles. The normalized spacial score (nSPS) is 12.7. The van der Waals surface area contributed by atoms with Crippen LogP contribution >= 0.6 is 0 Å². The van der Waals surface area contributed by atoms with Crippen molar-refractivity contribution in [1.29, 1.82) is 0 Å². The van der Waals surface area contributed by atoms with Gasteiger partial charge < -0.3 is 22.4 Å². The number of methoxy groups -OCH3 is 1. The maximum absolute atomic E-state index is 13.0. The Bertz CT molecular complexity index is 401. The molecule has 0 radical (unpaired) electrons. The third-order valence-electron chi connectivity index (χ3n) is 2.38. The molecule has 1 aromatic carbocycles. The first kappa shape index (κ1) is 19.4. The van der Waals surface area contributed by atoms with Crippen molar-refractivity contribution in [1.82, 2.24) is 0 Å². The summed E-state index contributed by atoms with van der Waals surface area (Å²) in [6.45, 7) is -3.25. The standard InChI is InChI=1S/C11H14BF4O2.K/c1-8(5-6-17-2)18-11-7-9(13)3-4-10(11)12(14,15)16;/h3-4,7-8H,5-6H2,1-2H3;/q-1;+1. The summed E-state index contributed by atoms with van der Waals surface area (Å²) < 4.78 is 61.1. The van der Waals surface area contributed by atoms with E-state index >= 15 is 0 Å². The summed E-state index contributed by atoms with van der Waals surface area (Å²) in [7, 11) is 1.49. The van der Waals surface area contributed by atoms with Gasteiger partial charge in [-0.3, -0.25) is 0 Å². The van der Waals surface area contributed by atoms with E-state index in [2.05, 4.69) is 0 Å². The summed E-state index contributed by atoms with van der Waals surface area (Å²) >= 11 is 0. The van der Waals surface area contributed by atoms with Crippen molar-refractivity contribution in [3.05, 3.63) is 24.0 Å². The van der Waals surface area contributed by atoms with Gasteiger partial charge in [0.25, 0.3) is 0 Å². The molecule has 1 atom stereocenters. The summed E-state index contributed by atoms with van der Waals surface area (Å²) in [6, 6.07) is 2.23. The van der Waals surface area contributed by atoms with Crippen LogP contribution in [0.3, 0.4) is 0 Å². The van der Waals surface area contributed by atoms with Crippen molar-refractivity contribution in [3.8, 4) is 5.75 Å². The van der Waals surface area contributed by atoms with Gasteiger partial charge in [-0.25, -0.2) is 4.39 Å². The Morgan fingerprint density at radius 1 is 1.26 bits per heavy atom. The Morgan fingerprint density at radius 2 is 1.89 bits per heavy atom. The van der Waals surface area contributed by atoms with Gasteiger partial charge in [0.15, 0.2) is 0 Å². The second-order valence-electron chi connectivity index (χ2n) is 3.97. The quantitative estimate of drug-likeness (QED) is 0.530. The molecular formula is C11H14BF4KO2. The first-order valence-corrected chi connectivity index (χ1v) is 5.49. The summed E-state index contributed by atoms with van der Waals surface area (Å²) in [5.41, 5.74) is -0.916. The van der Waals surface area contributed by atoms with Crippen LogP contribution in [0.15, 0.2) is 18.2 Å². The zero-order chi connectivity index (χ0) is 13.8. The van der Waals surface area contributed by atoms with Crippen molar-refractivity contribution in [2.24, 2.45) is 0 Å². The molecule has 1 unspecified atom stereocenters. The number of rotatable bonds is 6. The average molecular weight is 304 g/mol. The van der Waals surface area contributed by atoms with Gasteiger partial charge in [0.2, 0.25) is 0 Å². The average Bonchev–Trinajstić information content (AvgIpc) is 2.24. The number of hydrogen-bond acceptors (Lipinski definition) is 2. The summed E-state index contributed by atoms with van der Waals surface area (Å²) in [5.74, 6) is -1.22. The Hall–Kier alpha value is 0.401. The zero-order valence-corrected chi connectivity index (χ0v) is 14.3. The Morgan fingerprint density at radius 3 is 2.42 bits per heavy atom. The predicted molar refractivity (Wildman–Crippen MR) is 61.7 cm³/mol. The van der Waals surface area contributed by atoms with E-state index in [1.165, 1.54) is 7.11 Å². The number of hydrogen-bond donors (Lipinski definition) is 0. The van der Waals surface area contributed by atoms with E-state index in [0.717, 1.165) is 12.1 Å². The third-order valence-corrected chi connectivity index (χ3v) is 2.38. The van der Waals surface area contributed by atoms with E-state index in [4.69, 9.17) is 9.47 Å². The van der Waals surface area contributed by atoms with Gasteiger partial charge in [0, 0.05) is 26.2 Å². The Kier molecular flexibility index (Phi) is 8.82. The fourth-order valence-corrected chi connectivity index (χ4v) is 1.44. The molecule has 0 aliphatic rings. The van der Waals surface area contributed by atoms with Gasteiger partial charge in [-0.15, -0.1) is 0 Å². The largest absolute Gasteiger partial charge is 1.00 e. The van der Waals surface area contributed by atoms with Gasteiger partial charge in [-0.05, 0) is 13.0 Å². The molecule has 2 nitrogen and oxygen atoms in total.